The predicted molar refractivity (Wildman–Crippen MR) is 82.6 cm³/mol. The highest BCUT2D eigenvalue weighted by Gasteiger charge is 2.24. The third-order valence-electron chi connectivity index (χ3n) is 3.42. The molecule has 18 heavy (non-hydrogen) atoms. The molecule has 4 nitrogen and oxygen atoms in total. The average Bonchev–Trinajstić information content (AvgIpc) is 2.38. The molecule has 3 N–H and O–H groups in total. The number of rotatable bonds is 2. The van der Waals surface area contributed by atoms with Crippen LogP contribution in [0.1, 0.15) is 12.8 Å². The number of amides is 1. The third kappa shape index (κ3) is 2.88. The number of piperidine rings is 1. The van der Waals surface area contributed by atoms with Crippen LogP contribution in [0, 0.1) is 9.49 Å². The van der Waals surface area contributed by atoms with Crippen LogP contribution in [0.25, 0.3) is 0 Å². The smallest absolute Gasteiger partial charge is 0.222 e. The molecule has 0 aromatic heterocycles. The normalized spacial score (nSPS) is 16.7. The summed E-state index contributed by atoms with van der Waals surface area (Å²) < 4.78 is 1.17. The zero-order valence-corrected chi connectivity index (χ0v) is 12.6. The third-order valence-corrected chi connectivity index (χ3v) is 4.29. The molecule has 98 valence electrons. The van der Waals surface area contributed by atoms with Gasteiger partial charge in [0.2, 0.25) is 5.91 Å². The standard InChI is InChI=1S/C13H18IN3O/c1-16-13(18)9-4-6-17(7-5-9)12-3-2-10(15)8-11(12)14/h2-3,8-9H,4-7,15H2,1H3,(H,16,18). The summed E-state index contributed by atoms with van der Waals surface area (Å²) in [5.41, 5.74) is 7.78. The van der Waals surface area contributed by atoms with Gasteiger partial charge in [-0.15, -0.1) is 0 Å². The monoisotopic (exact) mass is 359 g/mol. The number of carbonyl (C=O) groups excluding carboxylic acids is 1. The lowest BCUT2D eigenvalue weighted by molar-refractivity contribution is -0.125. The molecular formula is C13H18IN3O. The maximum absolute atomic E-state index is 11.6. The number of anilines is 2. The van der Waals surface area contributed by atoms with E-state index in [9.17, 15) is 4.79 Å². The van der Waals surface area contributed by atoms with E-state index in [-0.39, 0.29) is 11.8 Å². The van der Waals surface area contributed by atoms with E-state index in [4.69, 9.17) is 5.73 Å². The van der Waals surface area contributed by atoms with Crippen LogP contribution in [0.3, 0.4) is 0 Å². The molecule has 1 aromatic carbocycles. The lowest BCUT2D eigenvalue weighted by Gasteiger charge is -2.33. The summed E-state index contributed by atoms with van der Waals surface area (Å²) in [6.07, 6.45) is 1.83. The molecule has 0 saturated carbocycles. The van der Waals surface area contributed by atoms with Crippen LogP contribution in [0.15, 0.2) is 18.2 Å². The number of carbonyl (C=O) groups is 1. The molecule has 1 fully saturated rings. The van der Waals surface area contributed by atoms with Crippen molar-refractivity contribution in [2.75, 3.05) is 30.8 Å². The average molecular weight is 359 g/mol. The predicted octanol–water partition coefficient (Wildman–Crippen LogP) is 1.84. The molecule has 1 aliphatic heterocycles. The van der Waals surface area contributed by atoms with Gasteiger partial charge in [0.1, 0.15) is 0 Å². The molecule has 1 amide bonds. The zero-order chi connectivity index (χ0) is 13.1. The molecule has 5 heteroatoms. The van der Waals surface area contributed by atoms with Gasteiger partial charge in [-0.3, -0.25) is 4.79 Å². The Labute approximate surface area is 121 Å². The summed E-state index contributed by atoms with van der Waals surface area (Å²) in [4.78, 5) is 13.9. The summed E-state index contributed by atoms with van der Waals surface area (Å²) in [6.45, 7) is 1.86. The molecule has 0 aliphatic carbocycles. The first kappa shape index (κ1) is 13.5. The maximum Gasteiger partial charge on any atom is 0.222 e. The van der Waals surface area contributed by atoms with E-state index in [1.54, 1.807) is 7.05 Å². The number of benzene rings is 1. The Morgan fingerprint density at radius 2 is 2.11 bits per heavy atom. The number of hydrogen-bond donors (Lipinski definition) is 2. The van der Waals surface area contributed by atoms with Crippen molar-refractivity contribution in [3.8, 4) is 0 Å². The summed E-state index contributed by atoms with van der Waals surface area (Å²) >= 11 is 2.31. The fraction of sp³-hybridized carbons (Fsp3) is 0.462. The van der Waals surface area contributed by atoms with Gasteiger partial charge in [-0.1, -0.05) is 0 Å². The minimum atomic E-state index is 0.165. The molecule has 0 bridgehead atoms. The Kier molecular flexibility index (Phi) is 4.31. The Balaban J connectivity index is 2.03. The van der Waals surface area contributed by atoms with Crippen molar-refractivity contribution in [2.24, 2.45) is 5.92 Å². The van der Waals surface area contributed by atoms with Crippen LogP contribution in [0.2, 0.25) is 0 Å². The molecule has 1 aliphatic rings. The number of hydrogen-bond acceptors (Lipinski definition) is 3. The molecule has 1 saturated heterocycles. The van der Waals surface area contributed by atoms with Gasteiger partial charge < -0.3 is 16.0 Å². The van der Waals surface area contributed by atoms with E-state index in [1.807, 2.05) is 12.1 Å². The van der Waals surface area contributed by atoms with Gasteiger partial charge in [-0.2, -0.15) is 0 Å². The van der Waals surface area contributed by atoms with Crippen molar-refractivity contribution < 1.29 is 4.79 Å². The highest BCUT2D eigenvalue weighted by Crippen LogP contribution is 2.28. The number of nitrogens with one attached hydrogen (secondary N) is 1. The van der Waals surface area contributed by atoms with Crippen LogP contribution in [-0.4, -0.2) is 26.0 Å². The van der Waals surface area contributed by atoms with E-state index in [0.29, 0.717) is 0 Å². The van der Waals surface area contributed by atoms with Gasteiger partial charge in [-0.25, -0.2) is 0 Å². The molecule has 2 rings (SSSR count). The first-order valence-corrected chi connectivity index (χ1v) is 7.21. The fourth-order valence-electron chi connectivity index (χ4n) is 2.37. The molecule has 0 spiro atoms. The highest BCUT2D eigenvalue weighted by molar-refractivity contribution is 14.1. The van der Waals surface area contributed by atoms with Crippen molar-refractivity contribution >= 4 is 39.9 Å². The minimum absolute atomic E-state index is 0.165. The second-order valence-corrected chi connectivity index (χ2v) is 5.75. The number of nitrogen functional groups attached to an aromatic ring is 1. The zero-order valence-electron chi connectivity index (χ0n) is 10.4. The summed E-state index contributed by atoms with van der Waals surface area (Å²) in [5.74, 6) is 0.333. The first-order chi connectivity index (χ1) is 8.61. The summed E-state index contributed by atoms with van der Waals surface area (Å²) in [6, 6.07) is 5.99. The molecule has 0 radical (unpaired) electrons. The Morgan fingerprint density at radius 3 is 2.67 bits per heavy atom. The van der Waals surface area contributed by atoms with Crippen LogP contribution in [-0.2, 0) is 4.79 Å². The largest absolute Gasteiger partial charge is 0.399 e. The number of nitrogens with two attached hydrogens (primary N) is 1. The summed E-state index contributed by atoms with van der Waals surface area (Å²) in [7, 11) is 1.71. The molecule has 1 aromatic rings. The van der Waals surface area contributed by atoms with E-state index >= 15 is 0 Å². The van der Waals surface area contributed by atoms with Crippen molar-refractivity contribution in [3.05, 3.63) is 21.8 Å². The van der Waals surface area contributed by atoms with Crippen molar-refractivity contribution in [1.29, 1.82) is 0 Å². The Hall–Kier alpha value is -0.980. The van der Waals surface area contributed by atoms with Gasteiger partial charge >= 0.3 is 0 Å². The quantitative estimate of drug-likeness (QED) is 0.626. The molecule has 0 atom stereocenters. The lowest BCUT2D eigenvalue weighted by atomic mass is 9.95. The second kappa shape index (κ2) is 5.77. The van der Waals surface area contributed by atoms with Crippen molar-refractivity contribution in [2.45, 2.75) is 12.8 Å². The first-order valence-electron chi connectivity index (χ1n) is 6.13. The maximum atomic E-state index is 11.6. The van der Waals surface area contributed by atoms with Crippen LogP contribution in [0.4, 0.5) is 11.4 Å². The van der Waals surface area contributed by atoms with Crippen LogP contribution >= 0.6 is 22.6 Å². The topological polar surface area (TPSA) is 58.4 Å². The van der Waals surface area contributed by atoms with Gasteiger partial charge in [0.05, 0.1) is 5.69 Å². The fourth-order valence-corrected chi connectivity index (χ4v) is 3.25. The van der Waals surface area contributed by atoms with E-state index < -0.39 is 0 Å². The second-order valence-electron chi connectivity index (χ2n) is 4.59. The van der Waals surface area contributed by atoms with Gasteiger partial charge in [0, 0.05) is 35.3 Å². The summed E-state index contributed by atoms with van der Waals surface area (Å²) in [5, 5.41) is 2.73. The van der Waals surface area contributed by atoms with Gasteiger partial charge in [0.25, 0.3) is 0 Å². The molecule has 1 heterocycles. The number of nitrogens with zero attached hydrogens (tertiary/aromatic N) is 1. The minimum Gasteiger partial charge on any atom is -0.399 e. The lowest BCUT2D eigenvalue weighted by Crippen LogP contribution is -2.39. The van der Waals surface area contributed by atoms with E-state index in [0.717, 1.165) is 31.6 Å². The van der Waals surface area contributed by atoms with Crippen LogP contribution in [0.5, 0.6) is 0 Å². The van der Waals surface area contributed by atoms with E-state index in [1.165, 1.54) is 9.26 Å². The van der Waals surface area contributed by atoms with Crippen molar-refractivity contribution in [3.63, 3.8) is 0 Å². The Morgan fingerprint density at radius 1 is 1.44 bits per heavy atom. The van der Waals surface area contributed by atoms with Gasteiger partial charge in [0.15, 0.2) is 0 Å². The van der Waals surface area contributed by atoms with Crippen molar-refractivity contribution in [1.82, 2.24) is 5.32 Å². The SMILES string of the molecule is CNC(=O)C1CCN(c2ccc(N)cc2I)CC1. The van der Waals surface area contributed by atoms with Crippen LogP contribution < -0.4 is 16.0 Å². The molecular weight excluding hydrogens is 341 g/mol. The highest BCUT2D eigenvalue weighted by atomic mass is 127. The number of halogens is 1. The Bertz CT molecular complexity index is 442. The van der Waals surface area contributed by atoms with Gasteiger partial charge in [-0.05, 0) is 53.6 Å². The molecule has 0 unspecified atom stereocenters. The van der Waals surface area contributed by atoms with E-state index in [2.05, 4.69) is 38.9 Å².